The fraction of sp³-hybridized carbons (Fsp3) is 0.294. The van der Waals surface area contributed by atoms with Gasteiger partial charge in [0.15, 0.2) is 0 Å². The lowest BCUT2D eigenvalue weighted by Gasteiger charge is -2.09. The molecular weight excluding hydrogens is 344 g/mol. The fourth-order valence-electron chi connectivity index (χ4n) is 2.81. The number of ether oxygens (including phenoxy) is 1. The molecule has 0 saturated carbocycles. The van der Waals surface area contributed by atoms with Crippen LogP contribution in [-0.2, 0) is 17.6 Å². The molecule has 7 nitrogen and oxygen atoms in total. The lowest BCUT2D eigenvalue weighted by atomic mass is 10.1. The highest BCUT2D eigenvalue weighted by Gasteiger charge is 2.27. The van der Waals surface area contributed by atoms with Crippen LogP contribution < -0.4 is 5.11 Å². The molecule has 8 heteroatoms. The van der Waals surface area contributed by atoms with Crippen LogP contribution >= 0.6 is 11.3 Å². The average molecular weight is 359 g/mol. The third-order valence-corrected chi connectivity index (χ3v) is 5.12. The van der Waals surface area contributed by atoms with Gasteiger partial charge >= 0.3 is 5.97 Å². The third-order valence-electron chi connectivity index (χ3n) is 3.92. The number of thiophene rings is 1. The molecule has 0 N–H and O–H groups in total. The lowest BCUT2D eigenvalue weighted by molar-refractivity contribution is -0.398. The summed E-state index contributed by atoms with van der Waals surface area (Å²) >= 11 is 1.40. The number of fused-ring (bicyclic) bond motifs is 1. The van der Waals surface area contributed by atoms with E-state index >= 15 is 0 Å². The number of hydrogen-bond donors (Lipinski definition) is 0. The lowest BCUT2D eigenvalue weighted by Crippen LogP contribution is -2.06. The van der Waals surface area contributed by atoms with Crippen molar-refractivity contribution in [3.8, 4) is 5.75 Å². The van der Waals surface area contributed by atoms with E-state index in [1.165, 1.54) is 29.7 Å². The van der Waals surface area contributed by atoms with Crippen LogP contribution in [0.25, 0.3) is 0 Å². The minimum Gasteiger partial charge on any atom is -0.867 e. The zero-order chi connectivity index (χ0) is 18.0. The number of rotatable bonds is 5. The Balaban J connectivity index is 1.99. The number of nitrogens with zero attached hydrogens (tertiary/aromatic N) is 2. The molecule has 0 atom stereocenters. The molecule has 0 radical (unpaired) electrons. The quantitative estimate of drug-likeness (QED) is 0.353. The number of esters is 1. The SMILES string of the molecule is CCOC(=O)c1c(N=Cc2cccc([N+](=O)[O-])c2[O-])sc2c1CCC2. The van der Waals surface area contributed by atoms with Gasteiger partial charge in [0.2, 0.25) is 0 Å². The number of hydrogen-bond acceptors (Lipinski definition) is 7. The summed E-state index contributed by atoms with van der Waals surface area (Å²) in [6.07, 6.45) is 3.97. The summed E-state index contributed by atoms with van der Waals surface area (Å²) in [6, 6.07) is 4.05. The fourth-order valence-corrected chi connectivity index (χ4v) is 4.03. The van der Waals surface area contributed by atoms with E-state index in [0.29, 0.717) is 10.6 Å². The first kappa shape index (κ1) is 17.1. The molecule has 1 aromatic heterocycles. The molecule has 0 bridgehead atoms. The highest BCUT2D eigenvalue weighted by Crippen LogP contribution is 2.41. The van der Waals surface area contributed by atoms with E-state index in [-0.39, 0.29) is 12.2 Å². The predicted octanol–water partition coefficient (Wildman–Crippen LogP) is 3.15. The molecule has 0 saturated heterocycles. The van der Waals surface area contributed by atoms with Gasteiger partial charge in [-0.1, -0.05) is 12.1 Å². The van der Waals surface area contributed by atoms with E-state index in [4.69, 9.17) is 4.74 Å². The number of carbonyl (C=O) groups excluding carboxylic acids is 1. The van der Waals surface area contributed by atoms with E-state index in [0.717, 1.165) is 35.8 Å². The van der Waals surface area contributed by atoms with Crippen LogP contribution in [0, 0.1) is 10.1 Å². The Labute approximate surface area is 147 Å². The van der Waals surface area contributed by atoms with Crippen molar-refractivity contribution in [1.29, 1.82) is 0 Å². The molecule has 0 spiro atoms. The summed E-state index contributed by atoms with van der Waals surface area (Å²) in [4.78, 5) is 27.8. The van der Waals surface area contributed by atoms with E-state index in [1.54, 1.807) is 6.92 Å². The van der Waals surface area contributed by atoms with E-state index in [2.05, 4.69) is 4.99 Å². The van der Waals surface area contributed by atoms with Gasteiger partial charge in [-0.25, -0.2) is 9.79 Å². The van der Waals surface area contributed by atoms with Crippen LogP contribution in [0.15, 0.2) is 23.2 Å². The van der Waals surface area contributed by atoms with E-state index in [1.807, 2.05) is 0 Å². The van der Waals surface area contributed by atoms with Gasteiger partial charge in [-0.05, 0) is 43.1 Å². The normalized spacial score (nSPS) is 13.2. The standard InChI is InChI=1S/C17H16N2O5S/c1-2-24-17(21)14-11-6-4-8-13(11)25-16(14)18-9-10-5-3-7-12(15(10)20)19(22)23/h3,5,7,9,20H,2,4,6,8H2,1H3/p-1. The zero-order valence-electron chi connectivity index (χ0n) is 13.5. The van der Waals surface area contributed by atoms with Crippen molar-refractivity contribution in [3.05, 3.63) is 49.9 Å². The Morgan fingerprint density at radius 3 is 2.96 bits per heavy atom. The molecule has 0 aliphatic heterocycles. The number of aryl methyl sites for hydroxylation is 1. The molecule has 130 valence electrons. The minimum absolute atomic E-state index is 0.109. The Hall–Kier alpha value is -2.74. The highest BCUT2D eigenvalue weighted by molar-refractivity contribution is 7.16. The van der Waals surface area contributed by atoms with Gasteiger partial charge in [-0.2, -0.15) is 0 Å². The second-order valence-electron chi connectivity index (χ2n) is 5.47. The second kappa shape index (κ2) is 7.02. The van der Waals surface area contributed by atoms with Crippen LogP contribution in [0.2, 0.25) is 0 Å². The molecule has 1 aliphatic carbocycles. The number of carbonyl (C=O) groups is 1. The zero-order valence-corrected chi connectivity index (χ0v) is 14.3. The van der Waals surface area contributed by atoms with E-state index < -0.39 is 22.3 Å². The molecule has 25 heavy (non-hydrogen) atoms. The van der Waals surface area contributed by atoms with Crippen LogP contribution in [0.4, 0.5) is 10.7 Å². The van der Waals surface area contributed by atoms with Crippen LogP contribution in [-0.4, -0.2) is 23.7 Å². The van der Waals surface area contributed by atoms with Crippen molar-refractivity contribution >= 4 is 34.2 Å². The molecule has 3 rings (SSSR count). The summed E-state index contributed by atoms with van der Waals surface area (Å²) < 4.78 is 5.12. The first-order valence-electron chi connectivity index (χ1n) is 7.83. The number of aliphatic imine (C=N–C) groups is 1. The van der Waals surface area contributed by atoms with Gasteiger partial charge < -0.3 is 9.84 Å². The highest BCUT2D eigenvalue weighted by atomic mass is 32.1. The van der Waals surface area contributed by atoms with Gasteiger partial charge in [0.1, 0.15) is 5.00 Å². The topological polar surface area (TPSA) is 105 Å². The Kier molecular flexibility index (Phi) is 4.80. The van der Waals surface area contributed by atoms with Crippen molar-refractivity contribution < 1.29 is 19.6 Å². The van der Waals surface area contributed by atoms with Gasteiger partial charge in [0.25, 0.3) is 5.69 Å². The molecule has 0 unspecified atom stereocenters. The van der Waals surface area contributed by atoms with Gasteiger partial charge in [-0.15, -0.1) is 11.3 Å². The number of para-hydroxylation sites is 1. The number of nitro groups is 1. The summed E-state index contributed by atoms with van der Waals surface area (Å²) in [6.45, 7) is 2.00. The van der Waals surface area contributed by atoms with Crippen molar-refractivity contribution in [2.45, 2.75) is 26.2 Å². The van der Waals surface area contributed by atoms with Gasteiger partial charge in [0.05, 0.1) is 17.1 Å². The average Bonchev–Trinajstić information content (AvgIpc) is 3.14. The van der Waals surface area contributed by atoms with Gasteiger partial charge in [-0.3, -0.25) is 10.1 Å². The molecule has 1 aliphatic rings. The summed E-state index contributed by atoms with van der Waals surface area (Å²) in [5.41, 5.74) is 1.03. The first-order valence-corrected chi connectivity index (χ1v) is 8.64. The second-order valence-corrected chi connectivity index (χ2v) is 6.55. The Bertz CT molecular complexity index is 872. The summed E-state index contributed by atoms with van der Waals surface area (Å²) in [7, 11) is 0. The Morgan fingerprint density at radius 2 is 2.24 bits per heavy atom. The largest absolute Gasteiger partial charge is 0.867 e. The van der Waals surface area contributed by atoms with Crippen molar-refractivity contribution in [2.75, 3.05) is 6.61 Å². The Morgan fingerprint density at radius 1 is 1.44 bits per heavy atom. The van der Waals surface area contributed by atoms with Crippen LogP contribution in [0.5, 0.6) is 5.75 Å². The maximum atomic E-state index is 12.3. The minimum atomic E-state index is -0.719. The van der Waals surface area contributed by atoms with Crippen LogP contribution in [0.3, 0.4) is 0 Å². The molecule has 0 fully saturated rings. The smallest absolute Gasteiger partial charge is 0.341 e. The summed E-state index contributed by atoms with van der Waals surface area (Å²) in [5.74, 6) is -1.12. The van der Waals surface area contributed by atoms with Crippen LogP contribution in [0.1, 0.15) is 39.7 Å². The number of nitro benzene ring substituents is 1. The molecular formula is C17H15N2O5S-. The third kappa shape index (κ3) is 3.25. The van der Waals surface area contributed by atoms with Crippen molar-refractivity contribution in [3.63, 3.8) is 0 Å². The monoisotopic (exact) mass is 359 g/mol. The molecule has 2 aromatic rings. The maximum Gasteiger partial charge on any atom is 0.341 e. The van der Waals surface area contributed by atoms with E-state index in [9.17, 15) is 20.0 Å². The van der Waals surface area contributed by atoms with Crippen molar-refractivity contribution in [2.24, 2.45) is 4.99 Å². The molecule has 0 amide bonds. The first-order chi connectivity index (χ1) is 12.0. The van der Waals surface area contributed by atoms with Crippen molar-refractivity contribution in [1.82, 2.24) is 0 Å². The van der Waals surface area contributed by atoms with Gasteiger partial charge in [0, 0.05) is 17.2 Å². The molecule has 1 aromatic carbocycles. The maximum absolute atomic E-state index is 12.3. The number of benzene rings is 1. The summed E-state index contributed by atoms with van der Waals surface area (Å²) in [5, 5.41) is 23.4. The molecule has 1 heterocycles. The predicted molar refractivity (Wildman–Crippen MR) is 92.1 cm³/mol.